The largest absolute Gasteiger partial charge is 0.350 e. The van der Waals surface area contributed by atoms with E-state index in [1.54, 1.807) is 0 Å². The minimum atomic E-state index is -0.248. The smallest absolute Gasteiger partial charge is 0.0684 e. The normalized spacial score (nSPS) is 13.3. The fourth-order valence-corrected chi connectivity index (χ4v) is 1.95. The Morgan fingerprint density at radius 3 is 2.83 bits per heavy atom. The number of hydrogen-bond acceptors (Lipinski definition) is 2. The van der Waals surface area contributed by atoms with Crippen LogP contribution in [0, 0.1) is 16.7 Å². The predicted octanol–water partition coefficient (Wildman–Crippen LogP) is 3.49. The molecule has 0 aliphatic rings. The molecule has 1 heterocycles. The van der Waals surface area contributed by atoms with Crippen LogP contribution >= 0.6 is 0 Å². The first-order chi connectivity index (χ1) is 8.50. The highest BCUT2D eigenvalue weighted by Gasteiger charge is 2.17. The highest BCUT2D eigenvalue weighted by atomic mass is 15.0. The van der Waals surface area contributed by atoms with E-state index >= 15 is 0 Å². The van der Waals surface area contributed by atoms with Crippen LogP contribution in [0.15, 0.2) is 18.3 Å². The summed E-state index contributed by atoms with van der Waals surface area (Å²) in [4.78, 5) is 0. The lowest BCUT2D eigenvalue weighted by molar-refractivity contribution is 0.402. The molecule has 0 saturated heterocycles. The van der Waals surface area contributed by atoms with Crippen molar-refractivity contribution in [3.8, 4) is 6.07 Å². The molecule has 3 nitrogen and oxygen atoms in total. The zero-order valence-corrected chi connectivity index (χ0v) is 12.0. The average molecular weight is 247 g/mol. The van der Waals surface area contributed by atoms with Crippen molar-refractivity contribution in [1.29, 1.82) is 5.26 Å². The SMILES string of the molecule is CCCNC(C)c1cccn1CCC(C)(C)C#N. The molecule has 0 bridgehead atoms. The maximum atomic E-state index is 9.05. The van der Waals surface area contributed by atoms with Gasteiger partial charge in [-0.05, 0) is 52.3 Å². The van der Waals surface area contributed by atoms with Gasteiger partial charge in [-0.1, -0.05) is 6.92 Å². The molecule has 0 spiro atoms. The molecule has 0 radical (unpaired) electrons. The van der Waals surface area contributed by atoms with E-state index in [1.807, 2.05) is 13.8 Å². The van der Waals surface area contributed by atoms with Crippen LogP contribution in [0.3, 0.4) is 0 Å². The van der Waals surface area contributed by atoms with Gasteiger partial charge in [-0.2, -0.15) is 5.26 Å². The van der Waals surface area contributed by atoms with Crippen molar-refractivity contribution < 1.29 is 0 Å². The Morgan fingerprint density at radius 1 is 1.50 bits per heavy atom. The number of hydrogen-bond donors (Lipinski definition) is 1. The molecule has 1 aromatic heterocycles. The van der Waals surface area contributed by atoms with Crippen molar-refractivity contribution in [2.45, 2.75) is 53.1 Å². The molecule has 3 heteroatoms. The van der Waals surface area contributed by atoms with Gasteiger partial charge in [0.15, 0.2) is 0 Å². The van der Waals surface area contributed by atoms with Gasteiger partial charge < -0.3 is 9.88 Å². The molecule has 0 saturated carbocycles. The van der Waals surface area contributed by atoms with E-state index in [-0.39, 0.29) is 5.41 Å². The van der Waals surface area contributed by atoms with Gasteiger partial charge in [-0.15, -0.1) is 0 Å². The van der Waals surface area contributed by atoms with Crippen molar-refractivity contribution in [2.24, 2.45) is 5.41 Å². The summed E-state index contributed by atoms with van der Waals surface area (Å²) in [6, 6.07) is 6.97. The molecule has 0 aliphatic heterocycles. The molecule has 0 amide bonds. The zero-order chi connectivity index (χ0) is 13.6. The number of aromatic nitrogens is 1. The molecular weight excluding hydrogens is 222 g/mol. The molecule has 1 aromatic rings. The van der Waals surface area contributed by atoms with Crippen LogP contribution in [0.2, 0.25) is 0 Å². The molecule has 1 atom stereocenters. The molecule has 1 unspecified atom stereocenters. The van der Waals surface area contributed by atoms with Crippen LogP contribution in [0.25, 0.3) is 0 Å². The lowest BCUT2D eigenvalue weighted by Gasteiger charge is -2.20. The van der Waals surface area contributed by atoms with E-state index in [2.05, 4.69) is 48.1 Å². The highest BCUT2D eigenvalue weighted by Crippen LogP contribution is 2.21. The van der Waals surface area contributed by atoms with Crippen LogP contribution < -0.4 is 5.32 Å². The van der Waals surface area contributed by atoms with Gasteiger partial charge in [-0.25, -0.2) is 0 Å². The van der Waals surface area contributed by atoms with Crippen LogP contribution in [-0.4, -0.2) is 11.1 Å². The van der Waals surface area contributed by atoms with Crippen LogP contribution in [0.1, 0.15) is 52.3 Å². The van der Waals surface area contributed by atoms with Gasteiger partial charge in [0.05, 0.1) is 11.5 Å². The fourth-order valence-electron chi connectivity index (χ4n) is 1.95. The monoisotopic (exact) mass is 247 g/mol. The Bertz CT molecular complexity index is 398. The van der Waals surface area contributed by atoms with Gasteiger partial charge >= 0.3 is 0 Å². The number of nitrogens with zero attached hydrogens (tertiary/aromatic N) is 2. The topological polar surface area (TPSA) is 40.8 Å². The summed E-state index contributed by atoms with van der Waals surface area (Å²) in [6.45, 7) is 10.3. The summed E-state index contributed by atoms with van der Waals surface area (Å²) in [5.74, 6) is 0. The molecule has 0 aliphatic carbocycles. The van der Waals surface area contributed by atoms with E-state index in [0.29, 0.717) is 6.04 Å². The maximum Gasteiger partial charge on any atom is 0.0684 e. The van der Waals surface area contributed by atoms with Gasteiger partial charge in [-0.3, -0.25) is 0 Å². The van der Waals surface area contributed by atoms with Crippen molar-refractivity contribution in [1.82, 2.24) is 9.88 Å². The van der Waals surface area contributed by atoms with Crippen molar-refractivity contribution in [3.05, 3.63) is 24.0 Å². The molecular formula is C15H25N3. The number of nitrogens with one attached hydrogen (secondary N) is 1. The third kappa shape index (κ3) is 4.19. The standard InChI is InChI=1S/C15H25N3/c1-5-9-17-13(2)14-7-6-10-18(14)11-8-15(3,4)12-16/h6-7,10,13,17H,5,8-9,11H2,1-4H3. The van der Waals surface area contributed by atoms with Gasteiger partial charge in [0.25, 0.3) is 0 Å². The second-order valence-electron chi connectivity index (χ2n) is 5.55. The summed E-state index contributed by atoms with van der Waals surface area (Å²) >= 11 is 0. The number of rotatable bonds is 7. The lowest BCUT2D eigenvalue weighted by Crippen LogP contribution is -2.22. The fraction of sp³-hybridized carbons (Fsp3) is 0.667. The third-order valence-electron chi connectivity index (χ3n) is 3.29. The van der Waals surface area contributed by atoms with Gasteiger partial charge in [0.1, 0.15) is 0 Å². The first-order valence-corrected chi connectivity index (χ1v) is 6.80. The summed E-state index contributed by atoms with van der Waals surface area (Å²) in [7, 11) is 0. The average Bonchev–Trinajstić information content (AvgIpc) is 2.82. The summed E-state index contributed by atoms with van der Waals surface area (Å²) < 4.78 is 2.26. The van der Waals surface area contributed by atoms with E-state index in [4.69, 9.17) is 5.26 Å². The molecule has 0 fully saturated rings. The first kappa shape index (κ1) is 14.8. The zero-order valence-electron chi connectivity index (χ0n) is 12.0. The third-order valence-corrected chi connectivity index (χ3v) is 3.29. The van der Waals surface area contributed by atoms with Crippen molar-refractivity contribution in [2.75, 3.05) is 6.54 Å². The minimum absolute atomic E-state index is 0.248. The lowest BCUT2D eigenvalue weighted by atomic mass is 9.91. The first-order valence-electron chi connectivity index (χ1n) is 6.80. The van der Waals surface area contributed by atoms with E-state index in [0.717, 1.165) is 25.9 Å². The van der Waals surface area contributed by atoms with Gasteiger partial charge in [0.2, 0.25) is 0 Å². The molecule has 1 N–H and O–H groups in total. The number of nitriles is 1. The van der Waals surface area contributed by atoms with E-state index in [1.165, 1.54) is 5.69 Å². The molecule has 0 aromatic carbocycles. The quantitative estimate of drug-likeness (QED) is 0.801. The Kier molecular flexibility index (Phi) is 5.43. The Labute approximate surface area is 111 Å². The summed E-state index contributed by atoms with van der Waals surface area (Å²) in [5, 5.41) is 12.5. The van der Waals surface area contributed by atoms with Crippen LogP contribution in [0.5, 0.6) is 0 Å². The van der Waals surface area contributed by atoms with Crippen molar-refractivity contribution >= 4 is 0 Å². The summed E-state index contributed by atoms with van der Waals surface area (Å²) in [5.41, 5.74) is 1.05. The van der Waals surface area contributed by atoms with Crippen molar-refractivity contribution in [3.63, 3.8) is 0 Å². The second-order valence-corrected chi connectivity index (χ2v) is 5.55. The predicted molar refractivity (Wildman–Crippen MR) is 75.2 cm³/mol. The highest BCUT2D eigenvalue weighted by molar-refractivity contribution is 5.11. The van der Waals surface area contributed by atoms with Crippen LogP contribution in [0.4, 0.5) is 0 Å². The van der Waals surface area contributed by atoms with Crippen LogP contribution in [-0.2, 0) is 6.54 Å². The second kappa shape index (κ2) is 6.61. The van der Waals surface area contributed by atoms with E-state index < -0.39 is 0 Å². The minimum Gasteiger partial charge on any atom is -0.350 e. The molecule has 1 rings (SSSR count). The molecule has 100 valence electrons. The summed E-state index contributed by atoms with van der Waals surface area (Å²) in [6.07, 6.45) is 4.13. The Morgan fingerprint density at radius 2 is 2.22 bits per heavy atom. The maximum absolute atomic E-state index is 9.05. The number of aryl methyl sites for hydroxylation is 1. The molecule has 18 heavy (non-hydrogen) atoms. The Hall–Kier alpha value is -1.27. The van der Waals surface area contributed by atoms with Gasteiger partial charge in [0, 0.05) is 24.5 Å². The van der Waals surface area contributed by atoms with E-state index in [9.17, 15) is 0 Å². The Balaban J connectivity index is 2.63.